The van der Waals surface area contributed by atoms with Crippen LogP contribution in [0.4, 0.5) is 5.69 Å². The van der Waals surface area contributed by atoms with Crippen LogP contribution in [0.1, 0.15) is 12.8 Å². The first-order chi connectivity index (χ1) is 8.57. The minimum atomic E-state index is -3.68. The molecule has 0 radical (unpaired) electrons. The van der Waals surface area contributed by atoms with Gasteiger partial charge in [-0.05, 0) is 30.9 Å². The number of sulfonamides is 1. The van der Waals surface area contributed by atoms with E-state index < -0.39 is 10.0 Å². The normalized spacial score (nSPS) is 20.6. The molecule has 6 heteroatoms. The summed E-state index contributed by atoms with van der Waals surface area (Å²) in [5.41, 5.74) is 0.561. The molecule has 1 saturated heterocycles. The average Bonchev–Trinajstić information content (AvgIpc) is 2.37. The van der Waals surface area contributed by atoms with E-state index in [9.17, 15) is 8.42 Å². The molecule has 1 unspecified atom stereocenters. The molecule has 0 aliphatic carbocycles. The molecular formula is C12H18N2O3S. The minimum absolute atomic E-state index is 0.140. The zero-order valence-electron chi connectivity index (χ0n) is 10.1. The molecule has 3 N–H and O–H groups in total. The molecule has 1 aliphatic heterocycles. The first-order valence-corrected chi connectivity index (χ1v) is 7.55. The first kappa shape index (κ1) is 13.3. The lowest BCUT2D eigenvalue weighted by atomic mass is 10.0. The van der Waals surface area contributed by atoms with Crippen LogP contribution in [-0.4, -0.2) is 28.2 Å². The lowest BCUT2D eigenvalue weighted by Crippen LogP contribution is -2.25. The Kier molecular flexibility index (Phi) is 4.21. The fraction of sp³-hybridized carbons (Fsp3) is 0.500. The van der Waals surface area contributed by atoms with Crippen molar-refractivity contribution in [3.8, 4) is 0 Å². The monoisotopic (exact) mass is 270 g/mol. The number of para-hydroxylation sites is 1. The molecule has 1 aliphatic rings. The van der Waals surface area contributed by atoms with Crippen molar-refractivity contribution >= 4 is 15.7 Å². The van der Waals surface area contributed by atoms with Crippen LogP contribution in [0.5, 0.6) is 0 Å². The fourth-order valence-electron chi connectivity index (χ4n) is 2.08. The van der Waals surface area contributed by atoms with Crippen molar-refractivity contribution in [2.75, 3.05) is 25.1 Å². The molecule has 0 aromatic heterocycles. The Morgan fingerprint density at radius 1 is 1.39 bits per heavy atom. The maximum Gasteiger partial charge on any atom is 0.240 e. The summed E-state index contributed by atoms with van der Waals surface area (Å²) >= 11 is 0. The van der Waals surface area contributed by atoms with Gasteiger partial charge in [-0.3, -0.25) is 0 Å². The summed E-state index contributed by atoms with van der Waals surface area (Å²) in [6.45, 7) is 2.25. The van der Waals surface area contributed by atoms with Crippen molar-refractivity contribution in [3.05, 3.63) is 24.3 Å². The van der Waals surface area contributed by atoms with E-state index in [2.05, 4.69) is 5.32 Å². The Bertz CT molecular complexity index is 496. The Morgan fingerprint density at radius 2 is 2.17 bits per heavy atom. The average molecular weight is 270 g/mol. The van der Waals surface area contributed by atoms with Crippen LogP contribution < -0.4 is 10.5 Å². The molecule has 1 atom stereocenters. The van der Waals surface area contributed by atoms with Gasteiger partial charge in [0, 0.05) is 13.2 Å². The van der Waals surface area contributed by atoms with Gasteiger partial charge in [0.2, 0.25) is 10.0 Å². The largest absolute Gasteiger partial charge is 0.384 e. The van der Waals surface area contributed by atoms with Crippen LogP contribution in [0.15, 0.2) is 29.2 Å². The molecule has 1 fully saturated rings. The van der Waals surface area contributed by atoms with E-state index in [4.69, 9.17) is 9.88 Å². The highest BCUT2D eigenvalue weighted by molar-refractivity contribution is 7.89. The van der Waals surface area contributed by atoms with Crippen molar-refractivity contribution in [2.45, 2.75) is 17.7 Å². The van der Waals surface area contributed by atoms with Gasteiger partial charge in [0.1, 0.15) is 4.90 Å². The number of benzene rings is 1. The van der Waals surface area contributed by atoms with Gasteiger partial charge in [-0.2, -0.15) is 0 Å². The number of hydrogen-bond acceptors (Lipinski definition) is 4. The van der Waals surface area contributed by atoms with E-state index in [0.29, 0.717) is 18.2 Å². The number of anilines is 1. The maximum atomic E-state index is 11.4. The van der Waals surface area contributed by atoms with Crippen molar-refractivity contribution in [2.24, 2.45) is 11.1 Å². The highest BCUT2D eigenvalue weighted by Gasteiger charge is 2.16. The lowest BCUT2D eigenvalue weighted by molar-refractivity contribution is 0.0595. The first-order valence-electron chi connectivity index (χ1n) is 6.01. The predicted molar refractivity (Wildman–Crippen MR) is 69.8 cm³/mol. The number of nitrogens with one attached hydrogen (secondary N) is 1. The Labute approximate surface area is 107 Å². The van der Waals surface area contributed by atoms with Gasteiger partial charge in [0.05, 0.1) is 12.3 Å². The molecule has 0 saturated carbocycles. The molecule has 0 amide bonds. The number of rotatable bonds is 4. The smallest absolute Gasteiger partial charge is 0.240 e. The minimum Gasteiger partial charge on any atom is -0.384 e. The number of hydrogen-bond donors (Lipinski definition) is 2. The van der Waals surface area contributed by atoms with E-state index in [-0.39, 0.29) is 4.90 Å². The van der Waals surface area contributed by atoms with E-state index in [1.807, 2.05) is 0 Å². The third-order valence-corrected chi connectivity index (χ3v) is 4.00. The van der Waals surface area contributed by atoms with Crippen LogP contribution in [0.25, 0.3) is 0 Å². The lowest BCUT2D eigenvalue weighted by Gasteiger charge is -2.23. The highest BCUT2D eigenvalue weighted by atomic mass is 32.2. The van der Waals surface area contributed by atoms with Gasteiger partial charge in [-0.25, -0.2) is 13.6 Å². The number of primary sulfonamides is 1. The Balaban J connectivity index is 2.05. The van der Waals surface area contributed by atoms with E-state index in [1.165, 1.54) is 6.07 Å². The van der Waals surface area contributed by atoms with Crippen molar-refractivity contribution in [1.82, 2.24) is 0 Å². The summed E-state index contributed by atoms with van der Waals surface area (Å²) in [6, 6.07) is 6.68. The Hall–Kier alpha value is -1.11. The SMILES string of the molecule is NS(=O)(=O)c1ccccc1NCC1CCCOC1. The van der Waals surface area contributed by atoms with E-state index in [0.717, 1.165) is 26.1 Å². The molecule has 18 heavy (non-hydrogen) atoms. The molecule has 1 heterocycles. The quantitative estimate of drug-likeness (QED) is 0.860. The topological polar surface area (TPSA) is 81.4 Å². The molecule has 1 aromatic rings. The summed E-state index contributed by atoms with van der Waals surface area (Å²) in [5.74, 6) is 0.423. The molecule has 0 spiro atoms. The number of ether oxygens (including phenoxy) is 1. The summed E-state index contributed by atoms with van der Waals surface area (Å²) in [5, 5.41) is 8.32. The molecule has 100 valence electrons. The number of nitrogens with two attached hydrogens (primary N) is 1. The van der Waals surface area contributed by atoms with E-state index >= 15 is 0 Å². The van der Waals surface area contributed by atoms with E-state index in [1.54, 1.807) is 18.2 Å². The molecule has 2 rings (SSSR count). The van der Waals surface area contributed by atoms with Gasteiger partial charge in [-0.15, -0.1) is 0 Å². The van der Waals surface area contributed by atoms with Gasteiger partial charge in [0.25, 0.3) is 0 Å². The van der Waals surface area contributed by atoms with Crippen molar-refractivity contribution in [3.63, 3.8) is 0 Å². The summed E-state index contributed by atoms with van der Waals surface area (Å²) < 4.78 is 28.2. The van der Waals surface area contributed by atoms with Gasteiger partial charge >= 0.3 is 0 Å². The zero-order valence-corrected chi connectivity index (χ0v) is 10.9. The van der Waals surface area contributed by atoms with Crippen molar-refractivity contribution in [1.29, 1.82) is 0 Å². The predicted octanol–water partition coefficient (Wildman–Crippen LogP) is 1.17. The van der Waals surface area contributed by atoms with Crippen LogP contribution in [0.3, 0.4) is 0 Å². The summed E-state index contributed by atoms with van der Waals surface area (Å²) in [6.07, 6.45) is 2.16. The second-order valence-corrected chi connectivity index (χ2v) is 6.04. The molecule has 0 bridgehead atoms. The van der Waals surface area contributed by atoms with Crippen LogP contribution >= 0.6 is 0 Å². The highest BCUT2D eigenvalue weighted by Crippen LogP contribution is 2.21. The van der Waals surface area contributed by atoms with Gasteiger partial charge < -0.3 is 10.1 Å². The zero-order chi connectivity index (χ0) is 13.0. The summed E-state index contributed by atoms with van der Waals surface area (Å²) in [7, 11) is -3.68. The third-order valence-electron chi connectivity index (χ3n) is 3.03. The summed E-state index contributed by atoms with van der Waals surface area (Å²) in [4.78, 5) is 0.140. The second kappa shape index (κ2) is 5.69. The van der Waals surface area contributed by atoms with Gasteiger partial charge in [-0.1, -0.05) is 12.1 Å². The van der Waals surface area contributed by atoms with Crippen LogP contribution in [-0.2, 0) is 14.8 Å². The standard InChI is InChI=1S/C12H18N2O3S/c13-18(15,16)12-6-2-1-5-11(12)14-8-10-4-3-7-17-9-10/h1-2,5-6,10,14H,3-4,7-9H2,(H2,13,15,16). The molecular weight excluding hydrogens is 252 g/mol. The van der Waals surface area contributed by atoms with Crippen LogP contribution in [0, 0.1) is 5.92 Å². The Morgan fingerprint density at radius 3 is 2.83 bits per heavy atom. The van der Waals surface area contributed by atoms with Crippen molar-refractivity contribution < 1.29 is 13.2 Å². The van der Waals surface area contributed by atoms with Crippen LogP contribution in [0.2, 0.25) is 0 Å². The molecule has 1 aromatic carbocycles. The maximum absolute atomic E-state index is 11.4. The third kappa shape index (κ3) is 3.44. The molecule has 5 nitrogen and oxygen atoms in total. The van der Waals surface area contributed by atoms with Gasteiger partial charge in [0.15, 0.2) is 0 Å². The fourth-order valence-corrected chi connectivity index (χ4v) is 2.80. The second-order valence-electron chi connectivity index (χ2n) is 4.51.